The van der Waals surface area contributed by atoms with Crippen LogP contribution in [0, 0.1) is 17.0 Å². The van der Waals surface area contributed by atoms with E-state index < -0.39 is 11.6 Å². The summed E-state index contributed by atoms with van der Waals surface area (Å²) in [6.45, 7) is 4.23. The van der Waals surface area contributed by atoms with E-state index in [1.807, 2.05) is 7.05 Å². The van der Waals surface area contributed by atoms with Gasteiger partial charge in [-0.3, -0.25) is 0 Å². The molecule has 0 saturated heterocycles. The number of hydrogen-bond acceptors (Lipinski definition) is 2. The maximum Gasteiger partial charge on any atom is 0.165 e. The lowest BCUT2D eigenvalue weighted by Crippen LogP contribution is -2.63. The number of halogens is 2. The molecule has 1 saturated carbocycles. The fourth-order valence-corrected chi connectivity index (χ4v) is 3.24. The highest BCUT2D eigenvalue weighted by Gasteiger charge is 2.53. The van der Waals surface area contributed by atoms with Gasteiger partial charge < -0.3 is 10.1 Å². The van der Waals surface area contributed by atoms with Crippen molar-refractivity contribution in [3.05, 3.63) is 29.8 Å². The highest BCUT2D eigenvalue weighted by Crippen LogP contribution is 2.49. The van der Waals surface area contributed by atoms with Crippen LogP contribution in [0.25, 0.3) is 0 Å². The number of nitrogens with one attached hydrogen (secondary N) is 1. The molecule has 1 aliphatic rings. The van der Waals surface area contributed by atoms with Crippen LogP contribution in [0.1, 0.15) is 33.1 Å². The quantitative estimate of drug-likeness (QED) is 0.883. The molecule has 0 amide bonds. The van der Waals surface area contributed by atoms with Crippen LogP contribution >= 0.6 is 0 Å². The molecular formula is C15H21F2NO. The van der Waals surface area contributed by atoms with Crippen LogP contribution in [-0.2, 0) is 0 Å². The molecule has 1 aromatic carbocycles. The lowest BCUT2D eigenvalue weighted by molar-refractivity contribution is -0.0850. The molecule has 0 radical (unpaired) electrons. The topological polar surface area (TPSA) is 21.3 Å². The standard InChI is InChI=1S/C15H21F2NO/c1-4-15(5-2)13(18-3)9-14(15)19-12-8-10(16)6-7-11(12)17/h6-8,13-14,18H,4-5,9H2,1-3H3. The molecule has 0 aromatic heterocycles. The van der Waals surface area contributed by atoms with Crippen molar-refractivity contribution >= 4 is 0 Å². The van der Waals surface area contributed by atoms with Crippen LogP contribution in [0.5, 0.6) is 5.75 Å². The molecule has 1 fully saturated rings. The molecule has 4 heteroatoms. The van der Waals surface area contributed by atoms with Crippen molar-refractivity contribution < 1.29 is 13.5 Å². The second-order valence-electron chi connectivity index (χ2n) is 5.20. The van der Waals surface area contributed by atoms with Crippen LogP contribution in [0.4, 0.5) is 8.78 Å². The van der Waals surface area contributed by atoms with Gasteiger partial charge in [0.25, 0.3) is 0 Å². The summed E-state index contributed by atoms with van der Waals surface area (Å²) in [6, 6.07) is 3.71. The zero-order valence-electron chi connectivity index (χ0n) is 11.7. The van der Waals surface area contributed by atoms with Gasteiger partial charge in [-0.15, -0.1) is 0 Å². The molecule has 0 bridgehead atoms. The van der Waals surface area contributed by atoms with E-state index in [1.165, 1.54) is 0 Å². The summed E-state index contributed by atoms with van der Waals surface area (Å²) < 4.78 is 32.5. The average molecular weight is 269 g/mol. The second kappa shape index (κ2) is 5.45. The molecule has 2 rings (SSSR count). The third-order valence-electron chi connectivity index (χ3n) is 4.61. The Kier molecular flexibility index (Phi) is 4.09. The van der Waals surface area contributed by atoms with Crippen LogP contribution in [0.2, 0.25) is 0 Å². The lowest BCUT2D eigenvalue weighted by atomic mass is 9.58. The third-order valence-corrected chi connectivity index (χ3v) is 4.61. The summed E-state index contributed by atoms with van der Waals surface area (Å²) in [5, 5.41) is 3.29. The Morgan fingerprint density at radius 2 is 2.00 bits per heavy atom. The van der Waals surface area contributed by atoms with Gasteiger partial charge in [0.1, 0.15) is 11.9 Å². The Morgan fingerprint density at radius 3 is 2.58 bits per heavy atom. The molecule has 1 N–H and O–H groups in total. The molecule has 2 atom stereocenters. The third kappa shape index (κ3) is 2.34. The van der Waals surface area contributed by atoms with Crippen molar-refractivity contribution in [1.29, 1.82) is 0 Å². The molecule has 106 valence electrons. The fourth-order valence-electron chi connectivity index (χ4n) is 3.24. The summed E-state index contributed by atoms with van der Waals surface area (Å²) in [4.78, 5) is 0. The van der Waals surface area contributed by atoms with Crippen molar-refractivity contribution in [1.82, 2.24) is 5.32 Å². The van der Waals surface area contributed by atoms with Gasteiger partial charge in [0.2, 0.25) is 0 Å². The maximum absolute atomic E-state index is 13.6. The zero-order valence-corrected chi connectivity index (χ0v) is 11.7. The molecular weight excluding hydrogens is 248 g/mol. The molecule has 19 heavy (non-hydrogen) atoms. The van der Waals surface area contributed by atoms with E-state index in [9.17, 15) is 8.78 Å². The van der Waals surface area contributed by atoms with E-state index in [2.05, 4.69) is 19.2 Å². The Bertz CT molecular complexity index is 446. The van der Waals surface area contributed by atoms with Gasteiger partial charge in [0.05, 0.1) is 0 Å². The summed E-state index contributed by atoms with van der Waals surface area (Å²) in [5.74, 6) is -0.958. The van der Waals surface area contributed by atoms with E-state index >= 15 is 0 Å². The van der Waals surface area contributed by atoms with Gasteiger partial charge in [-0.05, 0) is 32.0 Å². The minimum Gasteiger partial charge on any atom is -0.487 e. The van der Waals surface area contributed by atoms with Crippen LogP contribution in [0.15, 0.2) is 18.2 Å². The predicted octanol–water partition coefficient (Wildman–Crippen LogP) is 3.51. The van der Waals surface area contributed by atoms with Crippen LogP contribution in [0.3, 0.4) is 0 Å². The van der Waals surface area contributed by atoms with E-state index in [1.54, 1.807) is 0 Å². The molecule has 0 spiro atoms. The smallest absolute Gasteiger partial charge is 0.165 e. The summed E-state index contributed by atoms with van der Waals surface area (Å²) in [7, 11) is 1.93. The Morgan fingerprint density at radius 1 is 1.32 bits per heavy atom. The fraction of sp³-hybridized carbons (Fsp3) is 0.600. The Labute approximate surface area is 113 Å². The second-order valence-corrected chi connectivity index (χ2v) is 5.20. The Balaban J connectivity index is 2.17. The molecule has 1 aliphatic carbocycles. The largest absolute Gasteiger partial charge is 0.487 e. The van der Waals surface area contributed by atoms with Gasteiger partial charge in [0, 0.05) is 23.9 Å². The number of hydrogen-bond donors (Lipinski definition) is 1. The van der Waals surface area contributed by atoms with Crippen molar-refractivity contribution in [2.24, 2.45) is 5.41 Å². The van der Waals surface area contributed by atoms with Crippen molar-refractivity contribution in [3.63, 3.8) is 0 Å². The van der Waals surface area contributed by atoms with Crippen molar-refractivity contribution in [2.75, 3.05) is 7.05 Å². The predicted molar refractivity (Wildman–Crippen MR) is 71.3 cm³/mol. The van der Waals surface area contributed by atoms with Gasteiger partial charge >= 0.3 is 0 Å². The minimum absolute atomic E-state index is 0.00745. The van der Waals surface area contributed by atoms with Gasteiger partial charge in [-0.25, -0.2) is 8.78 Å². The van der Waals surface area contributed by atoms with Crippen LogP contribution in [-0.4, -0.2) is 19.2 Å². The highest BCUT2D eigenvalue weighted by molar-refractivity contribution is 5.26. The first-order valence-electron chi connectivity index (χ1n) is 6.86. The summed E-state index contributed by atoms with van der Waals surface area (Å²) in [5.41, 5.74) is 0.00745. The lowest BCUT2D eigenvalue weighted by Gasteiger charge is -2.55. The molecule has 0 aliphatic heterocycles. The first kappa shape index (κ1) is 14.3. The average Bonchev–Trinajstić information content (AvgIpc) is 2.39. The number of ether oxygens (including phenoxy) is 1. The molecule has 2 unspecified atom stereocenters. The highest BCUT2D eigenvalue weighted by atomic mass is 19.1. The SMILES string of the molecule is CCC1(CC)C(NC)CC1Oc1cc(F)ccc1F. The van der Waals surface area contributed by atoms with E-state index in [4.69, 9.17) is 4.74 Å². The molecule has 0 heterocycles. The first-order valence-corrected chi connectivity index (χ1v) is 6.86. The van der Waals surface area contributed by atoms with Gasteiger partial charge in [-0.2, -0.15) is 0 Å². The van der Waals surface area contributed by atoms with E-state index in [0.29, 0.717) is 6.04 Å². The van der Waals surface area contributed by atoms with E-state index in [0.717, 1.165) is 37.5 Å². The number of benzene rings is 1. The van der Waals surface area contributed by atoms with E-state index in [-0.39, 0.29) is 17.3 Å². The zero-order chi connectivity index (χ0) is 14.0. The Hall–Kier alpha value is -1.16. The first-order chi connectivity index (χ1) is 9.07. The van der Waals surface area contributed by atoms with Crippen LogP contribution < -0.4 is 10.1 Å². The van der Waals surface area contributed by atoms with Gasteiger partial charge in [-0.1, -0.05) is 13.8 Å². The summed E-state index contributed by atoms with van der Waals surface area (Å²) in [6.07, 6.45) is 2.68. The summed E-state index contributed by atoms with van der Waals surface area (Å²) >= 11 is 0. The number of rotatable bonds is 5. The monoisotopic (exact) mass is 269 g/mol. The van der Waals surface area contributed by atoms with Crippen molar-refractivity contribution in [3.8, 4) is 5.75 Å². The minimum atomic E-state index is -0.504. The molecule has 2 nitrogen and oxygen atoms in total. The van der Waals surface area contributed by atoms with Gasteiger partial charge in [0.15, 0.2) is 11.6 Å². The molecule has 1 aromatic rings. The normalized spacial score (nSPS) is 24.9. The van der Waals surface area contributed by atoms with Crippen molar-refractivity contribution in [2.45, 2.75) is 45.3 Å². The maximum atomic E-state index is 13.6.